The molecule has 1 atom stereocenters. The summed E-state index contributed by atoms with van der Waals surface area (Å²) in [5.74, 6) is 0.365. The molecule has 1 N–H and O–H groups in total. The minimum absolute atomic E-state index is 0.0265. The number of aryl methyl sites for hydroxylation is 2. The summed E-state index contributed by atoms with van der Waals surface area (Å²) in [5, 5.41) is 6.97. The van der Waals surface area contributed by atoms with E-state index in [2.05, 4.69) is 10.5 Å². The van der Waals surface area contributed by atoms with E-state index < -0.39 is 10.0 Å². The third-order valence-electron chi connectivity index (χ3n) is 3.42. The van der Waals surface area contributed by atoms with Crippen molar-refractivity contribution >= 4 is 10.0 Å². The van der Waals surface area contributed by atoms with Gasteiger partial charge in [0.1, 0.15) is 10.6 Å². The first-order chi connectivity index (χ1) is 8.98. The van der Waals surface area contributed by atoms with E-state index in [9.17, 15) is 8.42 Å². The zero-order chi connectivity index (χ0) is 14.0. The zero-order valence-corrected chi connectivity index (χ0v) is 12.5. The number of aromatic nitrogens is 1. The van der Waals surface area contributed by atoms with Crippen LogP contribution in [0.25, 0.3) is 0 Å². The number of hydrogen-bond donors (Lipinski definition) is 1. The fraction of sp³-hybridized carbons (Fsp3) is 0.750. The predicted octanol–water partition coefficient (Wildman–Crippen LogP) is 1.05. The Bertz CT molecular complexity index is 513. The summed E-state index contributed by atoms with van der Waals surface area (Å²) in [6, 6.07) is 0.0265. The van der Waals surface area contributed by atoms with Gasteiger partial charge in [-0.25, -0.2) is 8.42 Å². The van der Waals surface area contributed by atoms with Crippen molar-refractivity contribution in [2.75, 3.05) is 19.6 Å². The van der Waals surface area contributed by atoms with Crippen LogP contribution in [0.4, 0.5) is 0 Å². The maximum atomic E-state index is 12.8. The molecule has 0 unspecified atom stereocenters. The third kappa shape index (κ3) is 2.68. The van der Waals surface area contributed by atoms with E-state index in [1.807, 2.05) is 6.92 Å². The highest BCUT2D eigenvalue weighted by Crippen LogP contribution is 2.26. The zero-order valence-electron chi connectivity index (χ0n) is 11.6. The molecule has 0 saturated carbocycles. The van der Waals surface area contributed by atoms with Gasteiger partial charge >= 0.3 is 0 Å². The monoisotopic (exact) mass is 287 g/mol. The minimum atomic E-state index is -3.53. The molecule has 0 amide bonds. The second kappa shape index (κ2) is 5.60. The molecule has 6 nitrogen and oxygen atoms in total. The second-order valence-electron chi connectivity index (χ2n) is 4.92. The van der Waals surface area contributed by atoms with Crippen molar-refractivity contribution in [3.8, 4) is 0 Å². The molecule has 1 fully saturated rings. The molecule has 1 aromatic heterocycles. The lowest BCUT2D eigenvalue weighted by Crippen LogP contribution is -2.42. The number of nitrogens with zero attached hydrogens (tertiary/aromatic N) is 2. The van der Waals surface area contributed by atoms with E-state index in [4.69, 9.17) is 4.52 Å². The van der Waals surface area contributed by atoms with Crippen LogP contribution in [0.1, 0.15) is 31.2 Å². The summed E-state index contributed by atoms with van der Waals surface area (Å²) in [6.07, 6.45) is 1.64. The molecule has 108 valence electrons. The molecule has 0 aromatic carbocycles. The Hall–Kier alpha value is -0.920. The summed E-state index contributed by atoms with van der Waals surface area (Å²) in [7, 11) is -3.53. The predicted molar refractivity (Wildman–Crippen MR) is 71.4 cm³/mol. The van der Waals surface area contributed by atoms with E-state index in [1.54, 1.807) is 18.2 Å². The lowest BCUT2D eigenvalue weighted by molar-refractivity contribution is 0.333. The largest absolute Gasteiger partial charge is 0.360 e. The number of hydrogen-bond acceptors (Lipinski definition) is 5. The fourth-order valence-corrected chi connectivity index (χ4v) is 4.61. The smallest absolute Gasteiger partial charge is 0.248 e. The first-order valence-corrected chi connectivity index (χ1v) is 8.08. The van der Waals surface area contributed by atoms with Gasteiger partial charge in [0.15, 0.2) is 5.76 Å². The van der Waals surface area contributed by atoms with Crippen molar-refractivity contribution in [3.63, 3.8) is 0 Å². The highest BCUT2D eigenvalue weighted by molar-refractivity contribution is 7.89. The maximum absolute atomic E-state index is 12.8. The van der Waals surface area contributed by atoms with Gasteiger partial charge in [-0.05, 0) is 33.2 Å². The van der Waals surface area contributed by atoms with Gasteiger partial charge in [0.25, 0.3) is 0 Å². The maximum Gasteiger partial charge on any atom is 0.248 e. The standard InChI is InChI=1S/C12H21N3O3S/c1-4-7-15(11-5-6-13-8-11)19(16,17)12-9(2)14-18-10(12)3/h11,13H,4-8H2,1-3H3/t11-/m1/s1. The highest BCUT2D eigenvalue weighted by Gasteiger charge is 2.36. The molecule has 2 rings (SSSR count). The Morgan fingerprint density at radius 1 is 1.47 bits per heavy atom. The van der Waals surface area contributed by atoms with Crippen LogP contribution in [-0.2, 0) is 10.0 Å². The summed E-state index contributed by atoms with van der Waals surface area (Å²) in [6.45, 7) is 7.39. The molecule has 0 aliphatic carbocycles. The van der Waals surface area contributed by atoms with Crippen molar-refractivity contribution in [2.24, 2.45) is 0 Å². The molecule has 0 spiro atoms. The first-order valence-electron chi connectivity index (χ1n) is 6.64. The third-order valence-corrected chi connectivity index (χ3v) is 5.62. The van der Waals surface area contributed by atoms with E-state index in [0.29, 0.717) is 24.5 Å². The molecule has 1 aromatic rings. The Morgan fingerprint density at radius 2 is 2.21 bits per heavy atom. The van der Waals surface area contributed by atoms with Crippen LogP contribution in [0.3, 0.4) is 0 Å². The van der Waals surface area contributed by atoms with Crippen LogP contribution >= 0.6 is 0 Å². The number of rotatable bonds is 5. The molecule has 19 heavy (non-hydrogen) atoms. The Labute approximate surface area is 114 Å². The van der Waals surface area contributed by atoms with Crippen molar-refractivity contribution in [2.45, 2.75) is 44.6 Å². The minimum Gasteiger partial charge on any atom is -0.360 e. The molecule has 7 heteroatoms. The molecule has 0 radical (unpaired) electrons. The summed E-state index contributed by atoms with van der Waals surface area (Å²) < 4.78 is 32.2. The van der Waals surface area contributed by atoms with Gasteiger partial charge in [-0.1, -0.05) is 12.1 Å². The van der Waals surface area contributed by atoms with Crippen molar-refractivity contribution in [1.29, 1.82) is 0 Å². The van der Waals surface area contributed by atoms with Crippen molar-refractivity contribution in [1.82, 2.24) is 14.8 Å². The van der Waals surface area contributed by atoms with Crippen LogP contribution in [-0.4, -0.2) is 43.6 Å². The Morgan fingerprint density at radius 3 is 2.68 bits per heavy atom. The van der Waals surface area contributed by atoms with Crippen LogP contribution in [0.15, 0.2) is 9.42 Å². The lowest BCUT2D eigenvalue weighted by Gasteiger charge is -2.27. The van der Waals surface area contributed by atoms with Gasteiger partial charge < -0.3 is 9.84 Å². The Balaban J connectivity index is 2.39. The SMILES string of the molecule is CCCN([C@@H]1CCNC1)S(=O)(=O)c1c(C)noc1C. The first kappa shape index (κ1) is 14.5. The second-order valence-corrected chi connectivity index (χ2v) is 6.74. The van der Waals surface area contributed by atoms with Gasteiger partial charge in [-0.15, -0.1) is 0 Å². The molecule has 1 aliphatic rings. The van der Waals surface area contributed by atoms with Crippen LogP contribution in [0, 0.1) is 13.8 Å². The van der Waals surface area contributed by atoms with Gasteiger partial charge in [0.05, 0.1) is 0 Å². The van der Waals surface area contributed by atoms with Gasteiger partial charge in [-0.3, -0.25) is 0 Å². The van der Waals surface area contributed by atoms with Gasteiger partial charge in [-0.2, -0.15) is 4.31 Å². The summed E-state index contributed by atoms with van der Waals surface area (Å²) in [4.78, 5) is 0.229. The summed E-state index contributed by atoms with van der Waals surface area (Å²) in [5.41, 5.74) is 0.435. The summed E-state index contributed by atoms with van der Waals surface area (Å²) >= 11 is 0. The molecule has 1 aliphatic heterocycles. The normalized spacial score (nSPS) is 20.3. The van der Waals surface area contributed by atoms with E-state index in [0.717, 1.165) is 19.4 Å². The van der Waals surface area contributed by atoms with Gasteiger partial charge in [0, 0.05) is 19.1 Å². The highest BCUT2D eigenvalue weighted by atomic mass is 32.2. The number of sulfonamides is 1. The van der Waals surface area contributed by atoms with Crippen LogP contribution in [0.2, 0.25) is 0 Å². The Kier molecular flexibility index (Phi) is 4.27. The number of nitrogens with one attached hydrogen (secondary N) is 1. The van der Waals surface area contributed by atoms with Crippen LogP contribution in [0.5, 0.6) is 0 Å². The topological polar surface area (TPSA) is 75.4 Å². The van der Waals surface area contributed by atoms with Crippen molar-refractivity contribution in [3.05, 3.63) is 11.5 Å². The molecule has 0 bridgehead atoms. The average Bonchev–Trinajstić information content (AvgIpc) is 2.96. The van der Waals surface area contributed by atoms with E-state index in [-0.39, 0.29) is 10.9 Å². The lowest BCUT2D eigenvalue weighted by atomic mass is 10.2. The fourth-order valence-electron chi connectivity index (χ4n) is 2.56. The molecular weight excluding hydrogens is 266 g/mol. The van der Waals surface area contributed by atoms with Gasteiger partial charge in [0.2, 0.25) is 10.0 Å². The molecular formula is C12H21N3O3S. The van der Waals surface area contributed by atoms with E-state index >= 15 is 0 Å². The average molecular weight is 287 g/mol. The van der Waals surface area contributed by atoms with Crippen LogP contribution < -0.4 is 5.32 Å². The molecule has 2 heterocycles. The van der Waals surface area contributed by atoms with E-state index in [1.165, 1.54) is 0 Å². The molecule has 1 saturated heterocycles. The quantitative estimate of drug-likeness (QED) is 0.876. The van der Waals surface area contributed by atoms with Crippen molar-refractivity contribution < 1.29 is 12.9 Å².